The molecule has 2 aromatic rings. The van der Waals surface area contributed by atoms with Gasteiger partial charge >= 0.3 is 0 Å². The Labute approximate surface area is 175 Å². The molecule has 0 N–H and O–H groups in total. The van der Waals surface area contributed by atoms with Gasteiger partial charge in [-0.25, -0.2) is 4.39 Å². The van der Waals surface area contributed by atoms with E-state index in [1.807, 2.05) is 36.4 Å². The maximum atomic E-state index is 14.6. The molecule has 0 unspecified atom stereocenters. The van der Waals surface area contributed by atoms with Crippen molar-refractivity contribution >= 4 is 17.3 Å². The minimum absolute atomic E-state index is 0.0702. The zero-order valence-electron chi connectivity index (χ0n) is 17.1. The van der Waals surface area contributed by atoms with Gasteiger partial charge in [0, 0.05) is 25.7 Å². The number of nitrogens with zero attached hydrogens (tertiary/aromatic N) is 1. The van der Waals surface area contributed by atoms with E-state index in [-0.39, 0.29) is 31.3 Å². The lowest BCUT2D eigenvalue weighted by Crippen LogP contribution is -2.26. The number of halogens is 1. The molecule has 0 spiro atoms. The first-order valence-electron chi connectivity index (χ1n) is 10.1. The predicted octanol–water partition coefficient (Wildman–Crippen LogP) is 4.04. The molecule has 0 bridgehead atoms. The van der Waals surface area contributed by atoms with E-state index in [1.54, 1.807) is 6.07 Å². The third-order valence-electron chi connectivity index (χ3n) is 5.12. The molecular formula is C24H26FNO4. The summed E-state index contributed by atoms with van der Waals surface area (Å²) in [6.45, 7) is 2.60. The molecule has 0 amide bonds. The highest BCUT2D eigenvalue weighted by Gasteiger charge is 2.19. The van der Waals surface area contributed by atoms with E-state index in [2.05, 4.69) is 4.99 Å². The maximum Gasteiger partial charge on any atom is 0.209 e. The monoisotopic (exact) mass is 411 g/mol. The summed E-state index contributed by atoms with van der Waals surface area (Å²) >= 11 is 0. The van der Waals surface area contributed by atoms with Crippen molar-refractivity contribution in [3.05, 3.63) is 71.0 Å². The Balaban J connectivity index is 1.61. The van der Waals surface area contributed by atoms with Crippen LogP contribution in [0.1, 0.15) is 42.4 Å². The third-order valence-corrected chi connectivity index (χ3v) is 5.12. The third kappa shape index (κ3) is 6.15. The quantitative estimate of drug-likeness (QED) is 0.462. The Morgan fingerprint density at radius 3 is 2.53 bits per heavy atom. The van der Waals surface area contributed by atoms with Gasteiger partial charge in [0.15, 0.2) is 5.78 Å². The van der Waals surface area contributed by atoms with Crippen molar-refractivity contribution in [1.82, 2.24) is 0 Å². The summed E-state index contributed by atoms with van der Waals surface area (Å²) in [7, 11) is 0. The van der Waals surface area contributed by atoms with E-state index in [0.29, 0.717) is 24.7 Å². The van der Waals surface area contributed by atoms with Crippen LogP contribution in [0, 0.1) is 5.82 Å². The number of ketones is 2. The van der Waals surface area contributed by atoms with Gasteiger partial charge in [0.2, 0.25) is 5.78 Å². The molecule has 5 nitrogen and oxygen atoms in total. The molecule has 2 aromatic carbocycles. The molecule has 1 aliphatic rings. The second-order valence-electron chi connectivity index (χ2n) is 7.36. The Morgan fingerprint density at radius 1 is 1.13 bits per heavy atom. The fraction of sp³-hybridized carbons (Fsp3) is 0.375. The first-order chi connectivity index (χ1) is 14.5. The van der Waals surface area contributed by atoms with Crippen LogP contribution in [0.2, 0.25) is 0 Å². The number of carbonyl (C=O) groups is 2. The topological polar surface area (TPSA) is 65.0 Å². The highest BCUT2D eigenvalue weighted by molar-refractivity contribution is 6.66. The minimum atomic E-state index is -0.502. The highest BCUT2D eigenvalue weighted by Crippen LogP contribution is 2.28. The van der Waals surface area contributed by atoms with Crippen molar-refractivity contribution in [2.75, 3.05) is 19.8 Å². The molecule has 1 saturated heterocycles. The number of Topliss-reactive ketones (excluding diaryl/α,β-unsaturated/α-hetero) is 2. The maximum absolute atomic E-state index is 14.6. The number of rotatable bonds is 9. The first kappa shape index (κ1) is 22.0. The molecular weight excluding hydrogens is 385 g/mol. The van der Waals surface area contributed by atoms with E-state index in [4.69, 9.17) is 9.47 Å². The van der Waals surface area contributed by atoms with Crippen LogP contribution in [0.3, 0.4) is 0 Å². The zero-order valence-corrected chi connectivity index (χ0v) is 17.1. The molecule has 0 aliphatic carbocycles. The highest BCUT2D eigenvalue weighted by atomic mass is 19.1. The van der Waals surface area contributed by atoms with Crippen LogP contribution in [0.25, 0.3) is 0 Å². The Kier molecular flexibility index (Phi) is 7.99. The standard InChI is InChI=1S/C24H26FNO4/c1-17(27)24(23(28)16-30-15-18-5-3-2-4-6-18)26-14-21-8-7-20(13-22(21)25)19-9-11-29-12-10-19/h2-8,13,19H,9-12,14-16H2,1H3. The molecule has 0 aromatic heterocycles. The summed E-state index contributed by atoms with van der Waals surface area (Å²) in [6, 6.07) is 14.5. The number of carbonyl (C=O) groups excluding carboxylic acids is 2. The predicted molar refractivity (Wildman–Crippen MR) is 112 cm³/mol. The molecule has 0 atom stereocenters. The fourth-order valence-electron chi connectivity index (χ4n) is 3.44. The number of hydrogen-bond acceptors (Lipinski definition) is 5. The molecule has 30 heavy (non-hydrogen) atoms. The Morgan fingerprint density at radius 2 is 1.87 bits per heavy atom. The van der Waals surface area contributed by atoms with E-state index in [9.17, 15) is 14.0 Å². The van der Waals surface area contributed by atoms with Crippen molar-refractivity contribution in [2.24, 2.45) is 4.99 Å². The van der Waals surface area contributed by atoms with Crippen LogP contribution in [0.5, 0.6) is 0 Å². The van der Waals surface area contributed by atoms with E-state index < -0.39 is 11.6 Å². The summed E-state index contributed by atoms with van der Waals surface area (Å²) in [4.78, 5) is 28.3. The van der Waals surface area contributed by atoms with Gasteiger partial charge in [-0.15, -0.1) is 0 Å². The Hall–Kier alpha value is -2.70. The minimum Gasteiger partial charge on any atom is -0.381 e. The zero-order chi connectivity index (χ0) is 21.3. The van der Waals surface area contributed by atoms with Gasteiger partial charge in [0.05, 0.1) is 13.2 Å². The largest absolute Gasteiger partial charge is 0.381 e. The van der Waals surface area contributed by atoms with Crippen LogP contribution in [0.4, 0.5) is 4.39 Å². The average molecular weight is 411 g/mol. The number of aliphatic imine (C=N–C) groups is 1. The van der Waals surface area contributed by atoms with Gasteiger partial charge in [-0.3, -0.25) is 14.6 Å². The van der Waals surface area contributed by atoms with Gasteiger partial charge in [-0.1, -0.05) is 42.5 Å². The molecule has 1 aliphatic heterocycles. The smallest absolute Gasteiger partial charge is 0.209 e. The molecule has 6 heteroatoms. The number of benzene rings is 2. The van der Waals surface area contributed by atoms with Gasteiger partial charge in [-0.05, 0) is 36.0 Å². The molecule has 158 valence electrons. The second kappa shape index (κ2) is 10.9. The van der Waals surface area contributed by atoms with Crippen molar-refractivity contribution in [2.45, 2.75) is 38.8 Å². The van der Waals surface area contributed by atoms with Gasteiger partial charge < -0.3 is 9.47 Å². The normalized spacial score (nSPS) is 15.2. The van der Waals surface area contributed by atoms with E-state index in [1.165, 1.54) is 13.0 Å². The van der Waals surface area contributed by atoms with Crippen LogP contribution >= 0.6 is 0 Å². The first-order valence-corrected chi connectivity index (χ1v) is 10.1. The lowest BCUT2D eigenvalue weighted by Gasteiger charge is -2.22. The van der Waals surface area contributed by atoms with Crippen LogP contribution in [0.15, 0.2) is 53.5 Å². The lowest BCUT2D eigenvalue weighted by molar-refractivity contribution is -0.119. The van der Waals surface area contributed by atoms with E-state index >= 15 is 0 Å². The van der Waals surface area contributed by atoms with Crippen molar-refractivity contribution < 1.29 is 23.5 Å². The fourth-order valence-corrected chi connectivity index (χ4v) is 3.44. The molecule has 1 fully saturated rings. The lowest BCUT2D eigenvalue weighted by atomic mass is 9.91. The number of hydrogen-bond donors (Lipinski definition) is 0. The van der Waals surface area contributed by atoms with Gasteiger partial charge in [0.1, 0.15) is 18.1 Å². The average Bonchev–Trinajstić information content (AvgIpc) is 2.76. The van der Waals surface area contributed by atoms with Crippen LogP contribution < -0.4 is 0 Å². The molecule has 3 rings (SSSR count). The van der Waals surface area contributed by atoms with Gasteiger partial charge in [0.25, 0.3) is 0 Å². The summed E-state index contributed by atoms with van der Waals surface area (Å²) in [6.07, 6.45) is 1.76. The summed E-state index contributed by atoms with van der Waals surface area (Å²) in [5, 5.41) is 0. The number of ether oxygens (including phenoxy) is 2. The van der Waals surface area contributed by atoms with Crippen molar-refractivity contribution in [3.63, 3.8) is 0 Å². The van der Waals surface area contributed by atoms with Crippen molar-refractivity contribution in [1.29, 1.82) is 0 Å². The summed E-state index contributed by atoms with van der Waals surface area (Å²) < 4.78 is 25.3. The van der Waals surface area contributed by atoms with Crippen LogP contribution in [-0.4, -0.2) is 37.1 Å². The van der Waals surface area contributed by atoms with Crippen LogP contribution in [-0.2, 0) is 32.2 Å². The molecule has 0 radical (unpaired) electrons. The summed E-state index contributed by atoms with van der Waals surface area (Å²) in [5.74, 6) is -1.04. The molecule has 1 heterocycles. The Bertz CT molecular complexity index is 905. The SMILES string of the molecule is CC(=O)C(=NCc1ccc(C2CCOCC2)cc1F)C(=O)COCc1ccccc1. The van der Waals surface area contributed by atoms with Gasteiger partial charge in [-0.2, -0.15) is 0 Å². The molecule has 0 saturated carbocycles. The van der Waals surface area contributed by atoms with Crippen molar-refractivity contribution in [3.8, 4) is 0 Å². The summed E-state index contributed by atoms with van der Waals surface area (Å²) in [5.41, 5.74) is 2.03. The van der Waals surface area contributed by atoms with E-state index in [0.717, 1.165) is 24.0 Å². The second-order valence-corrected chi connectivity index (χ2v) is 7.36.